The van der Waals surface area contributed by atoms with E-state index in [1.807, 2.05) is 17.2 Å². The Hall–Kier alpha value is -1.89. The average molecular weight is 364 g/mol. The Morgan fingerprint density at radius 2 is 2.00 bits per heavy atom. The van der Waals surface area contributed by atoms with Crippen molar-refractivity contribution in [1.29, 1.82) is 0 Å². The van der Waals surface area contributed by atoms with Crippen molar-refractivity contribution in [3.05, 3.63) is 15.8 Å². The molecule has 2 heterocycles. The molecule has 1 saturated carbocycles. The summed E-state index contributed by atoms with van der Waals surface area (Å²) < 4.78 is 4.78. The van der Waals surface area contributed by atoms with E-state index >= 15 is 0 Å². The molecule has 0 spiro atoms. The van der Waals surface area contributed by atoms with Crippen molar-refractivity contribution in [3.63, 3.8) is 0 Å². The predicted octanol–water partition coefficient (Wildman–Crippen LogP) is 2.96. The lowest BCUT2D eigenvalue weighted by molar-refractivity contribution is -0.130. The fourth-order valence-electron chi connectivity index (χ4n) is 3.77. The topological polar surface area (TPSA) is 75.7 Å². The number of carbonyl (C=O) groups is 3. The fourth-order valence-corrected chi connectivity index (χ4v) is 4.69. The van der Waals surface area contributed by atoms with Crippen LogP contribution < -0.4 is 5.32 Å². The van der Waals surface area contributed by atoms with Gasteiger partial charge in [0.15, 0.2) is 0 Å². The number of hydrogen-bond donors (Lipinski definition) is 1. The minimum absolute atomic E-state index is 0.0437. The van der Waals surface area contributed by atoms with E-state index in [4.69, 9.17) is 4.74 Å². The number of rotatable bonds is 4. The molecular weight excluding hydrogens is 340 g/mol. The van der Waals surface area contributed by atoms with Crippen molar-refractivity contribution < 1.29 is 19.1 Å². The van der Waals surface area contributed by atoms with Gasteiger partial charge in [0.25, 0.3) is 0 Å². The second-order valence-electron chi connectivity index (χ2n) is 6.80. The Morgan fingerprint density at radius 1 is 1.28 bits per heavy atom. The van der Waals surface area contributed by atoms with E-state index in [9.17, 15) is 14.4 Å². The first-order valence-corrected chi connectivity index (χ1v) is 9.66. The zero-order valence-corrected chi connectivity index (χ0v) is 15.5. The van der Waals surface area contributed by atoms with Crippen LogP contribution in [0.5, 0.6) is 0 Å². The monoisotopic (exact) mass is 364 g/mol. The maximum atomic E-state index is 12.6. The quantitative estimate of drug-likeness (QED) is 0.834. The summed E-state index contributed by atoms with van der Waals surface area (Å²) in [6.07, 6.45) is 4.90. The third kappa shape index (κ3) is 3.71. The van der Waals surface area contributed by atoms with Gasteiger partial charge < -0.3 is 15.0 Å². The van der Waals surface area contributed by atoms with Crippen LogP contribution in [0.25, 0.3) is 0 Å². The molecule has 25 heavy (non-hydrogen) atoms. The second kappa shape index (κ2) is 7.56. The number of anilines is 1. The Kier molecular flexibility index (Phi) is 5.42. The van der Waals surface area contributed by atoms with E-state index in [0.717, 1.165) is 44.2 Å². The van der Waals surface area contributed by atoms with Gasteiger partial charge in [0.1, 0.15) is 4.88 Å². The number of ether oxygens (including phenoxy) is 1. The van der Waals surface area contributed by atoms with Crippen LogP contribution in [0.4, 0.5) is 5.69 Å². The smallest absolute Gasteiger partial charge is 0.350 e. The standard InChI is InChI=1S/C18H24N2O4S/c1-11-10-25-16(18(23)24-2)15(11)19-17(22)12-5-7-13(8-6-12)20-9-3-4-14(20)21/h10,12-13H,3-9H2,1-2H3,(H,19,22). The molecular formula is C18H24N2O4S. The van der Waals surface area contributed by atoms with Crippen molar-refractivity contribution in [2.24, 2.45) is 5.92 Å². The Bertz CT molecular complexity index is 677. The molecule has 0 atom stereocenters. The minimum atomic E-state index is -0.426. The highest BCUT2D eigenvalue weighted by Crippen LogP contribution is 2.33. The maximum Gasteiger partial charge on any atom is 0.350 e. The molecule has 6 nitrogen and oxygen atoms in total. The van der Waals surface area contributed by atoms with E-state index in [-0.39, 0.29) is 23.8 Å². The lowest BCUT2D eigenvalue weighted by atomic mass is 9.84. The van der Waals surface area contributed by atoms with Crippen LogP contribution in [0.1, 0.15) is 53.8 Å². The number of nitrogens with zero attached hydrogens (tertiary/aromatic N) is 1. The molecule has 3 rings (SSSR count). The van der Waals surface area contributed by atoms with Gasteiger partial charge in [-0.2, -0.15) is 0 Å². The molecule has 1 aliphatic carbocycles. The molecule has 1 N–H and O–H groups in total. The van der Waals surface area contributed by atoms with Crippen molar-refractivity contribution in [2.75, 3.05) is 19.0 Å². The molecule has 1 aromatic heterocycles. The molecule has 1 aliphatic heterocycles. The van der Waals surface area contributed by atoms with Crippen LogP contribution in [-0.4, -0.2) is 42.4 Å². The van der Waals surface area contributed by atoms with Crippen molar-refractivity contribution in [3.8, 4) is 0 Å². The maximum absolute atomic E-state index is 12.6. The fraction of sp³-hybridized carbons (Fsp3) is 0.611. The largest absolute Gasteiger partial charge is 0.465 e. The van der Waals surface area contributed by atoms with Crippen LogP contribution in [0.2, 0.25) is 0 Å². The zero-order valence-electron chi connectivity index (χ0n) is 14.7. The third-order valence-electron chi connectivity index (χ3n) is 5.21. The van der Waals surface area contributed by atoms with Gasteiger partial charge in [0.05, 0.1) is 12.8 Å². The van der Waals surface area contributed by atoms with Crippen LogP contribution >= 0.6 is 11.3 Å². The number of hydrogen-bond acceptors (Lipinski definition) is 5. The van der Waals surface area contributed by atoms with Crippen molar-refractivity contribution >= 4 is 34.8 Å². The highest BCUT2D eigenvalue weighted by Gasteiger charge is 2.34. The van der Waals surface area contributed by atoms with Gasteiger partial charge in [-0.1, -0.05) is 0 Å². The van der Waals surface area contributed by atoms with Crippen LogP contribution in [0, 0.1) is 12.8 Å². The zero-order chi connectivity index (χ0) is 18.0. The molecule has 1 saturated heterocycles. The first-order chi connectivity index (χ1) is 12.0. The van der Waals surface area contributed by atoms with Gasteiger partial charge in [-0.25, -0.2) is 4.79 Å². The van der Waals surface area contributed by atoms with E-state index < -0.39 is 5.97 Å². The molecule has 7 heteroatoms. The number of nitrogens with one attached hydrogen (secondary N) is 1. The minimum Gasteiger partial charge on any atom is -0.465 e. The van der Waals surface area contributed by atoms with E-state index in [2.05, 4.69) is 5.32 Å². The first-order valence-electron chi connectivity index (χ1n) is 8.78. The van der Waals surface area contributed by atoms with E-state index in [0.29, 0.717) is 17.0 Å². The molecule has 0 radical (unpaired) electrons. The Balaban J connectivity index is 1.59. The SMILES string of the molecule is COC(=O)c1scc(C)c1NC(=O)C1CCC(N2CCCC2=O)CC1. The number of amides is 2. The van der Waals surface area contributed by atoms with Crippen LogP contribution in [-0.2, 0) is 14.3 Å². The number of methoxy groups -OCH3 is 1. The van der Waals surface area contributed by atoms with Crippen LogP contribution in [0.3, 0.4) is 0 Å². The van der Waals surface area contributed by atoms with Gasteiger partial charge >= 0.3 is 5.97 Å². The number of thiophene rings is 1. The molecule has 0 bridgehead atoms. The highest BCUT2D eigenvalue weighted by molar-refractivity contribution is 7.12. The van der Waals surface area contributed by atoms with Crippen LogP contribution in [0.15, 0.2) is 5.38 Å². The van der Waals surface area contributed by atoms with E-state index in [1.54, 1.807) is 0 Å². The summed E-state index contributed by atoms with van der Waals surface area (Å²) in [4.78, 5) is 38.8. The highest BCUT2D eigenvalue weighted by atomic mass is 32.1. The summed E-state index contributed by atoms with van der Waals surface area (Å²) in [6.45, 7) is 2.73. The van der Waals surface area contributed by atoms with Crippen molar-refractivity contribution in [1.82, 2.24) is 4.90 Å². The number of carbonyl (C=O) groups excluding carboxylic acids is 3. The van der Waals surface area contributed by atoms with E-state index in [1.165, 1.54) is 18.4 Å². The second-order valence-corrected chi connectivity index (χ2v) is 7.68. The van der Waals surface area contributed by atoms with Gasteiger partial charge in [0, 0.05) is 24.9 Å². The lowest BCUT2D eigenvalue weighted by Crippen LogP contribution is -2.40. The molecule has 136 valence electrons. The summed E-state index contributed by atoms with van der Waals surface area (Å²) in [5, 5.41) is 4.77. The van der Waals surface area contributed by atoms with Gasteiger partial charge in [-0.3, -0.25) is 9.59 Å². The first kappa shape index (κ1) is 17.9. The Labute approximate surface area is 151 Å². The molecule has 0 aromatic carbocycles. The normalized spacial score (nSPS) is 23.6. The third-order valence-corrected chi connectivity index (χ3v) is 6.29. The molecule has 2 fully saturated rings. The van der Waals surface area contributed by atoms with Gasteiger partial charge in [-0.15, -0.1) is 11.3 Å². The lowest BCUT2D eigenvalue weighted by Gasteiger charge is -2.34. The van der Waals surface area contributed by atoms with Crippen molar-refractivity contribution in [2.45, 2.75) is 51.5 Å². The molecule has 2 aliphatic rings. The number of aryl methyl sites for hydroxylation is 1. The van der Waals surface area contributed by atoms with Gasteiger partial charge in [-0.05, 0) is 50.0 Å². The summed E-state index contributed by atoms with van der Waals surface area (Å²) in [6, 6.07) is 0.285. The number of esters is 1. The summed E-state index contributed by atoms with van der Waals surface area (Å²) >= 11 is 1.28. The molecule has 1 aromatic rings. The summed E-state index contributed by atoms with van der Waals surface area (Å²) in [7, 11) is 1.34. The predicted molar refractivity (Wildman–Crippen MR) is 95.7 cm³/mol. The Morgan fingerprint density at radius 3 is 2.60 bits per heavy atom. The summed E-state index contributed by atoms with van der Waals surface area (Å²) in [5.74, 6) is -0.286. The average Bonchev–Trinajstić information content (AvgIpc) is 3.21. The molecule has 0 unspecified atom stereocenters. The molecule has 2 amide bonds. The van der Waals surface area contributed by atoms with Gasteiger partial charge in [0.2, 0.25) is 11.8 Å². The summed E-state index contributed by atoms with van der Waals surface area (Å²) in [5.41, 5.74) is 1.44. The number of likely N-dealkylation sites (tertiary alicyclic amines) is 1.